The van der Waals surface area contributed by atoms with Crippen LogP contribution in [0.15, 0.2) is 36.0 Å². The van der Waals surface area contributed by atoms with Gasteiger partial charge in [-0.15, -0.1) is 0 Å². The Morgan fingerprint density at radius 2 is 1.81 bits per heavy atom. The quantitative estimate of drug-likeness (QED) is 0.690. The average molecular weight is 450 g/mol. The minimum Gasteiger partial charge on any atom is -0.496 e. The first-order chi connectivity index (χ1) is 14.7. The van der Waals surface area contributed by atoms with Crippen LogP contribution >= 0.6 is 11.6 Å². The van der Waals surface area contributed by atoms with E-state index in [0.717, 1.165) is 18.2 Å². The average Bonchev–Trinajstić information content (AvgIpc) is 3.05. The normalized spacial score (nSPS) is 22.1. The molecule has 0 unspecified atom stereocenters. The molecule has 1 spiro atoms. The van der Waals surface area contributed by atoms with Crippen molar-refractivity contribution in [2.24, 2.45) is 5.92 Å². The van der Waals surface area contributed by atoms with Gasteiger partial charge in [0.15, 0.2) is 5.75 Å². The van der Waals surface area contributed by atoms with Crippen molar-refractivity contribution in [3.05, 3.63) is 58.3 Å². The summed E-state index contributed by atoms with van der Waals surface area (Å²) >= 11 is 6.34. The molecule has 9 heteroatoms. The molecule has 2 aliphatic rings. The lowest BCUT2D eigenvalue weighted by Gasteiger charge is -2.35. The SMILES string of the molecule is COc1cc(OC)c2c(c1Cl)O[C@@]1(C(=O)C=C(Nc3c(F)cccc3F)C[C@H]1C)C2=O. The Kier molecular flexibility index (Phi) is 5.13. The summed E-state index contributed by atoms with van der Waals surface area (Å²) in [5, 5.41) is 2.67. The third kappa shape index (κ3) is 3.05. The first-order valence-corrected chi connectivity index (χ1v) is 9.76. The molecule has 2 aromatic carbocycles. The lowest BCUT2D eigenvalue weighted by atomic mass is 9.74. The maximum atomic E-state index is 14.0. The molecular formula is C22H18ClF2NO5. The molecule has 1 aliphatic heterocycles. The number of ether oxygens (including phenoxy) is 3. The van der Waals surface area contributed by atoms with Gasteiger partial charge in [0.25, 0.3) is 0 Å². The summed E-state index contributed by atoms with van der Waals surface area (Å²) in [5.74, 6) is -3.12. The fourth-order valence-electron chi connectivity index (χ4n) is 3.99. The predicted octanol–water partition coefficient (Wildman–Crippen LogP) is 4.55. The lowest BCUT2D eigenvalue weighted by molar-refractivity contribution is -0.129. The number of ketones is 2. The van der Waals surface area contributed by atoms with E-state index in [-0.39, 0.29) is 45.6 Å². The summed E-state index contributed by atoms with van der Waals surface area (Å²) in [6.07, 6.45) is 1.25. The highest BCUT2D eigenvalue weighted by atomic mass is 35.5. The third-order valence-corrected chi connectivity index (χ3v) is 5.92. The summed E-state index contributed by atoms with van der Waals surface area (Å²) in [4.78, 5) is 26.6. The summed E-state index contributed by atoms with van der Waals surface area (Å²) in [6, 6.07) is 4.89. The van der Waals surface area contributed by atoms with Crippen molar-refractivity contribution >= 4 is 28.9 Å². The standard InChI is InChI=1S/C22H18ClF2NO5/c1-10-7-11(26-19-12(24)5-4-6-13(19)25)8-16(27)22(10)21(28)17-14(29-2)9-15(30-3)18(23)20(17)31-22/h4-6,8-10,26H,7H2,1-3H3/t10-,22+/m1/s1. The van der Waals surface area contributed by atoms with Crippen molar-refractivity contribution < 1.29 is 32.6 Å². The van der Waals surface area contributed by atoms with E-state index in [1.54, 1.807) is 6.92 Å². The van der Waals surface area contributed by atoms with Crippen molar-refractivity contribution in [2.75, 3.05) is 19.5 Å². The Balaban J connectivity index is 1.75. The van der Waals surface area contributed by atoms with E-state index in [1.807, 2.05) is 0 Å². The highest BCUT2D eigenvalue weighted by molar-refractivity contribution is 6.36. The Hall–Kier alpha value is -3.13. The van der Waals surface area contributed by atoms with Gasteiger partial charge in [0.05, 0.1) is 14.2 Å². The number of rotatable bonds is 4. The largest absolute Gasteiger partial charge is 0.496 e. The topological polar surface area (TPSA) is 73.9 Å². The van der Waals surface area contributed by atoms with Gasteiger partial charge < -0.3 is 19.5 Å². The zero-order valence-electron chi connectivity index (χ0n) is 16.8. The molecule has 2 atom stereocenters. The highest BCUT2D eigenvalue weighted by Gasteiger charge is 2.60. The van der Waals surface area contributed by atoms with E-state index in [2.05, 4.69) is 5.32 Å². The second-order valence-corrected chi connectivity index (χ2v) is 7.70. The molecule has 0 radical (unpaired) electrons. The van der Waals surface area contributed by atoms with Crippen LogP contribution in [-0.2, 0) is 4.79 Å². The Morgan fingerprint density at radius 3 is 2.39 bits per heavy atom. The number of halogens is 3. The molecule has 1 aliphatic carbocycles. The number of hydrogen-bond donors (Lipinski definition) is 1. The van der Waals surface area contributed by atoms with E-state index in [9.17, 15) is 18.4 Å². The monoisotopic (exact) mass is 449 g/mol. The lowest BCUT2D eigenvalue weighted by Crippen LogP contribution is -2.55. The number of benzene rings is 2. The predicted molar refractivity (Wildman–Crippen MR) is 109 cm³/mol. The number of allylic oxidation sites excluding steroid dienone is 1. The number of Topliss-reactive ketones (excluding diaryl/α,β-unsaturated/α-hetero) is 1. The van der Waals surface area contributed by atoms with Gasteiger partial charge in [-0.25, -0.2) is 8.78 Å². The molecular weight excluding hydrogens is 432 g/mol. The smallest absolute Gasteiger partial charge is 0.236 e. The van der Waals surface area contributed by atoms with Gasteiger partial charge in [-0.1, -0.05) is 24.6 Å². The van der Waals surface area contributed by atoms with E-state index < -0.39 is 34.7 Å². The highest BCUT2D eigenvalue weighted by Crippen LogP contribution is 2.53. The number of hydrogen-bond acceptors (Lipinski definition) is 6. The molecule has 31 heavy (non-hydrogen) atoms. The Bertz CT molecular complexity index is 1130. The number of para-hydroxylation sites is 1. The summed E-state index contributed by atoms with van der Waals surface area (Å²) in [7, 11) is 2.77. The van der Waals surface area contributed by atoms with Crippen LogP contribution in [-0.4, -0.2) is 31.4 Å². The molecule has 0 saturated carbocycles. The van der Waals surface area contributed by atoms with Gasteiger partial charge in [0, 0.05) is 23.8 Å². The van der Waals surface area contributed by atoms with Crippen molar-refractivity contribution in [1.29, 1.82) is 0 Å². The van der Waals surface area contributed by atoms with Crippen LogP contribution in [0.1, 0.15) is 23.7 Å². The fraction of sp³-hybridized carbons (Fsp3) is 0.273. The number of fused-ring (bicyclic) bond motifs is 1. The molecule has 4 rings (SSSR count). The van der Waals surface area contributed by atoms with Crippen LogP contribution in [0.4, 0.5) is 14.5 Å². The van der Waals surface area contributed by atoms with E-state index in [0.29, 0.717) is 0 Å². The number of carbonyl (C=O) groups is 2. The van der Waals surface area contributed by atoms with Crippen molar-refractivity contribution in [3.63, 3.8) is 0 Å². The number of anilines is 1. The number of methoxy groups -OCH3 is 2. The number of carbonyl (C=O) groups excluding carboxylic acids is 2. The Labute approximate surface area is 181 Å². The molecule has 0 fully saturated rings. The van der Waals surface area contributed by atoms with Crippen LogP contribution < -0.4 is 19.5 Å². The maximum absolute atomic E-state index is 14.0. The van der Waals surface area contributed by atoms with Crippen LogP contribution in [0.2, 0.25) is 5.02 Å². The molecule has 1 N–H and O–H groups in total. The minimum atomic E-state index is -1.86. The second-order valence-electron chi connectivity index (χ2n) is 7.33. The van der Waals surface area contributed by atoms with Gasteiger partial charge >= 0.3 is 0 Å². The van der Waals surface area contributed by atoms with Gasteiger partial charge in [-0.2, -0.15) is 0 Å². The van der Waals surface area contributed by atoms with Gasteiger partial charge in [0.1, 0.15) is 39.4 Å². The van der Waals surface area contributed by atoms with E-state index >= 15 is 0 Å². The third-order valence-electron chi connectivity index (χ3n) is 5.56. The maximum Gasteiger partial charge on any atom is 0.236 e. The van der Waals surface area contributed by atoms with E-state index in [1.165, 1.54) is 26.4 Å². The van der Waals surface area contributed by atoms with E-state index in [4.69, 9.17) is 25.8 Å². The molecule has 0 aromatic heterocycles. The molecule has 0 bridgehead atoms. The first kappa shape index (κ1) is 21.1. The Morgan fingerprint density at radius 1 is 1.16 bits per heavy atom. The van der Waals surface area contributed by atoms with Gasteiger partial charge in [0.2, 0.25) is 17.2 Å². The van der Waals surface area contributed by atoms with Gasteiger partial charge in [-0.05, 0) is 18.6 Å². The minimum absolute atomic E-state index is 0.00743. The first-order valence-electron chi connectivity index (χ1n) is 9.38. The van der Waals surface area contributed by atoms with Crippen LogP contribution in [0.3, 0.4) is 0 Å². The number of nitrogens with one attached hydrogen (secondary N) is 1. The zero-order chi connectivity index (χ0) is 22.5. The van der Waals surface area contributed by atoms with Crippen molar-refractivity contribution in [1.82, 2.24) is 0 Å². The van der Waals surface area contributed by atoms with Crippen LogP contribution in [0, 0.1) is 17.6 Å². The molecule has 6 nitrogen and oxygen atoms in total. The van der Waals surface area contributed by atoms with Crippen LogP contribution in [0.5, 0.6) is 17.2 Å². The van der Waals surface area contributed by atoms with Crippen molar-refractivity contribution in [3.8, 4) is 17.2 Å². The summed E-state index contributed by atoms with van der Waals surface area (Å²) in [5.41, 5.74) is -1.92. The molecule has 0 amide bonds. The van der Waals surface area contributed by atoms with Crippen LogP contribution in [0.25, 0.3) is 0 Å². The molecule has 2 aromatic rings. The zero-order valence-corrected chi connectivity index (χ0v) is 17.6. The van der Waals surface area contributed by atoms with Gasteiger partial charge in [-0.3, -0.25) is 9.59 Å². The summed E-state index contributed by atoms with van der Waals surface area (Å²) < 4.78 is 44.4. The fourth-order valence-corrected chi connectivity index (χ4v) is 4.26. The summed E-state index contributed by atoms with van der Waals surface area (Å²) in [6.45, 7) is 1.64. The molecule has 0 saturated heterocycles. The second kappa shape index (κ2) is 7.53. The van der Waals surface area contributed by atoms with Crippen molar-refractivity contribution in [2.45, 2.75) is 18.9 Å². The molecule has 162 valence electrons. The molecule has 1 heterocycles.